The maximum atomic E-state index is 11.4. The molecule has 0 N–H and O–H groups in total. The van der Waals surface area contributed by atoms with Gasteiger partial charge >= 0.3 is 6.09 Å². The van der Waals surface area contributed by atoms with E-state index >= 15 is 0 Å². The molecule has 1 heterocycles. The summed E-state index contributed by atoms with van der Waals surface area (Å²) < 4.78 is 10.1. The van der Waals surface area contributed by atoms with Gasteiger partial charge in [-0.2, -0.15) is 0 Å². The molecule has 1 aromatic rings. The van der Waals surface area contributed by atoms with Crippen LogP contribution in [0.5, 0.6) is 5.75 Å². The first-order chi connectivity index (χ1) is 7.20. The monoisotopic (exact) mass is 207 g/mol. The van der Waals surface area contributed by atoms with E-state index in [0.717, 1.165) is 11.4 Å². The Morgan fingerprint density at radius 3 is 2.53 bits per heavy atom. The Balaban J connectivity index is 2.19. The molecule has 1 aliphatic rings. The third-order valence-electron chi connectivity index (χ3n) is 2.35. The van der Waals surface area contributed by atoms with Crippen molar-refractivity contribution in [3.05, 3.63) is 24.3 Å². The van der Waals surface area contributed by atoms with Crippen LogP contribution >= 0.6 is 0 Å². The Bertz CT molecular complexity index is 361. The number of carbonyl (C=O) groups excluding carboxylic acids is 1. The lowest BCUT2D eigenvalue weighted by Gasteiger charge is -2.12. The van der Waals surface area contributed by atoms with Gasteiger partial charge in [-0.25, -0.2) is 4.79 Å². The summed E-state index contributed by atoms with van der Waals surface area (Å²) in [6, 6.07) is 7.34. The van der Waals surface area contributed by atoms with Crippen molar-refractivity contribution in [2.45, 2.75) is 13.0 Å². The third-order valence-corrected chi connectivity index (χ3v) is 2.35. The van der Waals surface area contributed by atoms with E-state index in [-0.39, 0.29) is 12.2 Å². The molecule has 0 bridgehead atoms. The molecule has 1 unspecified atom stereocenters. The predicted octanol–water partition coefficient (Wildman–Crippen LogP) is 2.04. The zero-order valence-corrected chi connectivity index (χ0v) is 8.77. The molecular formula is C11H13NO3. The van der Waals surface area contributed by atoms with Gasteiger partial charge in [0.05, 0.1) is 13.7 Å². The number of cyclic esters (lactones) is 1. The fraction of sp³-hybridized carbons (Fsp3) is 0.364. The van der Waals surface area contributed by atoms with Crippen molar-refractivity contribution >= 4 is 11.8 Å². The molecule has 2 rings (SSSR count). The van der Waals surface area contributed by atoms with E-state index in [1.54, 1.807) is 12.0 Å². The van der Waals surface area contributed by atoms with Crippen molar-refractivity contribution in [1.29, 1.82) is 0 Å². The molecule has 4 heteroatoms. The van der Waals surface area contributed by atoms with E-state index in [1.807, 2.05) is 31.2 Å². The summed E-state index contributed by atoms with van der Waals surface area (Å²) in [4.78, 5) is 13.0. The fourth-order valence-electron chi connectivity index (χ4n) is 1.58. The highest BCUT2D eigenvalue weighted by Gasteiger charge is 2.29. The average molecular weight is 207 g/mol. The van der Waals surface area contributed by atoms with Crippen LogP contribution in [0.3, 0.4) is 0 Å². The third kappa shape index (κ3) is 1.88. The molecule has 80 valence electrons. The first-order valence-corrected chi connectivity index (χ1v) is 4.83. The van der Waals surface area contributed by atoms with Crippen molar-refractivity contribution in [1.82, 2.24) is 0 Å². The second kappa shape index (κ2) is 3.81. The number of nitrogens with zero attached hydrogens (tertiary/aromatic N) is 1. The first kappa shape index (κ1) is 9.83. The number of hydrogen-bond donors (Lipinski definition) is 0. The number of methoxy groups -OCH3 is 1. The summed E-state index contributed by atoms with van der Waals surface area (Å²) in [5, 5.41) is 0. The van der Waals surface area contributed by atoms with Crippen LogP contribution in [0.1, 0.15) is 6.92 Å². The Labute approximate surface area is 88.4 Å². The van der Waals surface area contributed by atoms with Crippen LogP contribution in [-0.2, 0) is 4.74 Å². The summed E-state index contributed by atoms with van der Waals surface area (Å²) in [7, 11) is 1.61. The van der Waals surface area contributed by atoms with Gasteiger partial charge in [-0.1, -0.05) is 0 Å². The van der Waals surface area contributed by atoms with Gasteiger partial charge in [-0.3, -0.25) is 4.90 Å². The lowest BCUT2D eigenvalue weighted by Crippen LogP contribution is -2.23. The molecule has 1 saturated heterocycles. The van der Waals surface area contributed by atoms with Crippen molar-refractivity contribution in [2.75, 3.05) is 18.6 Å². The molecule has 0 spiro atoms. The number of benzene rings is 1. The van der Waals surface area contributed by atoms with Gasteiger partial charge in [0.2, 0.25) is 0 Å². The number of rotatable bonds is 2. The highest BCUT2D eigenvalue weighted by Crippen LogP contribution is 2.23. The van der Waals surface area contributed by atoms with E-state index in [2.05, 4.69) is 0 Å². The molecule has 1 fully saturated rings. The highest BCUT2D eigenvalue weighted by molar-refractivity contribution is 5.89. The highest BCUT2D eigenvalue weighted by atomic mass is 16.6. The zero-order valence-electron chi connectivity index (χ0n) is 8.77. The quantitative estimate of drug-likeness (QED) is 0.744. The van der Waals surface area contributed by atoms with Gasteiger partial charge in [0, 0.05) is 5.69 Å². The van der Waals surface area contributed by atoms with Gasteiger partial charge in [-0.05, 0) is 31.2 Å². The van der Waals surface area contributed by atoms with E-state index in [9.17, 15) is 4.79 Å². The molecule has 0 aromatic heterocycles. The number of carbonyl (C=O) groups is 1. The lowest BCUT2D eigenvalue weighted by atomic mass is 10.2. The van der Waals surface area contributed by atoms with Gasteiger partial charge in [0.15, 0.2) is 0 Å². The molecule has 4 nitrogen and oxygen atoms in total. The molecule has 0 radical (unpaired) electrons. The Morgan fingerprint density at radius 2 is 2.07 bits per heavy atom. The normalized spacial score (nSPS) is 20.3. The van der Waals surface area contributed by atoms with Crippen LogP contribution in [-0.4, -0.2) is 25.9 Å². The number of anilines is 1. The van der Waals surface area contributed by atoms with Crippen LogP contribution in [0.2, 0.25) is 0 Å². The Morgan fingerprint density at radius 1 is 1.40 bits per heavy atom. The molecular weight excluding hydrogens is 194 g/mol. The van der Waals surface area contributed by atoms with Crippen LogP contribution in [0.15, 0.2) is 24.3 Å². The van der Waals surface area contributed by atoms with E-state index in [0.29, 0.717) is 6.54 Å². The van der Waals surface area contributed by atoms with E-state index in [1.165, 1.54) is 0 Å². The fourth-order valence-corrected chi connectivity index (χ4v) is 1.58. The lowest BCUT2D eigenvalue weighted by molar-refractivity contribution is 0.150. The van der Waals surface area contributed by atoms with Gasteiger partial charge in [-0.15, -0.1) is 0 Å². The maximum Gasteiger partial charge on any atom is 0.414 e. The second-order valence-electron chi connectivity index (χ2n) is 3.50. The first-order valence-electron chi connectivity index (χ1n) is 4.83. The van der Waals surface area contributed by atoms with E-state index in [4.69, 9.17) is 9.47 Å². The summed E-state index contributed by atoms with van der Waals surface area (Å²) in [6.07, 6.45) is -0.327. The van der Waals surface area contributed by atoms with Crippen molar-refractivity contribution in [3.63, 3.8) is 0 Å². The molecule has 1 aliphatic heterocycles. The van der Waals surface area contributed by atoms with Crippen LogP contribution < -0.4 is 9.64 Å². The average Bonchev–Trinajstić information content (AvgIpc) is 2.58. The number of hydrogen-bond acceptors (Lipinski definition) is 3. The van der Waals surface area contributed by atoms with Gasteiger partial charge in [0.1, 0.15) is 11.9 Å². The van der Waals surface area contributed by atoms with Crippen LogP contribution in [0.25, 0.3) is 0 Å². The smallest absolute Gasteiger partial charge is 0.414 e. The molecule has 15 heavy (non-hydrogen) atoms. The topological polar surface area (TPSA) is 38.8 Å². The summed E-state index contributed by atoms with van der Waals surface area (Å²) in [6.45, 7) is 2.48. The van der Waals surface area contributed by atoms with Crippen molar-refractivity contribution in [2.24, 2.45) is 0 Å². The van der Waals surface area contributed by atoms with Crippen LogP contribution in [0, 0.1) is 0 Å². The number of amides is 1. The van der Waals surface area contributed by atoms with Crippen molar-refractivity contribution in [3.8, 4) is 5.75 Å². The largest absolute Gasteiger partial charge is 0.497 e. The molecule has 0 saturated carbocycles. The minimum Gasteiger partial charge on any atom is -0.497 e. The van der Waals surface area contributed by atoms with E-state index < -0.39 is 0 Å². The SMILES string of the molecule is COc1ccc(N2CC(C)OC2=O)cc1. The summed E-state index contributed by atoms with van der Waals surface area (Å²) in [5.41, 5.74) is 0.838. The number of ether oxygens (including phenoxy) is 2. The summed E-state index contributed by atoms with van der Waals surface area (Å²) in [5.74, 6) is 0.777. The Kier molecular flexibility index (Phi) is 2.49. The molecule has 1 atom stereocenters. The summed E-state index contributed by atoms with van der Waals surface area (Å²) >= 11 is 0. The Hall–Kier alpha value is -1.71. The zero-order chi connectivity index (χ0) is 10.8. The second-order valence-corrected chi connectivity index (χ2v) is 3.50. The molecule has 1 amide bonds. The maximum absolute atomic E-state index is 11.4. The molecule has 1 aromatic carbocycles. The minimum absolute atomic E-state index is 0.0420. The molecule has 0 aliphatic carbocycles. The van der Waals surface area contributed by atoms with Crippen LogP contribution in [0.4, 0.5) is 10.5 Å². The van der Waals surface area contributed by atoms with Gasteiger partial charge in [0.25, 0.3) is 0 Å². The predicted molar refractivity (Wildman–Crippen MR) is 56.3 cm³/mol. The van der Waals surface area contributed by atoms with Crippen molar-refractivity contribution < 1.29 is 14.3 Å². The minimum atomic E-state index is -0.285. The van der Waals surface area contributed by atoms with Gasteiger partial charge < -0.3 is 9.47 Å². The standard InChI is InChI=1S/C11H13NO3/c1-8-7-12(11(13)15-8)9-3-5-10(14-2)6-4-9/h3-6,8H,7H2,1-2H3.